The van der Waals surface area contributed by atoms with Crippen LogP contribution in [0.15, 0.2) is 60.7 Å². The number of nitrogens with zero attached hydrogens (tertiary/aromatic N) is 1. The zero-order valence-corrected chi connectivity index (χ0v) is 13.6. The van der Waals surface area contributed by atoms with Crippen molar-refractivity contribution in [2.75, 3.05) is 23.0 Å². The Labute approximate surface area is 140 Å². The van der Waals surface area contributed by atoms with E-state index in [1.165, 1.54) is 0 Å². The fourth-order valence-corrected chi connectivity index (χ4v) is 3.89. The van der Waals surface area contributed by atoms with Crippen LogP contribution in [-0.2, 0) is 0 Å². The van der Waals surface area contributed by atoms with Crippen LogP contribution in [-0.4, -0.2) is 34.8 Å². The molecule has 120 valence electrons. The third-order valence-electron chi connectivity index (χ3n) is 3.88. The molecule has 1 aliphatic heterocycles. The molecule has 1 heterocycles. The number of carbonyl (C=O) groups excluding carboxylic acids is 1. The SMILES string of the molecule is O=C(NC[C@]1(O)CCSC1)N(c1ccccc1)c1ccccc1. The predicted octanol–water partition coefficient (Wildman–Crippen LogP) is 3.40. The highest BCUT2D eigenvalue weighted by molar-refractivity contribution is 7.99. The smallest absolute Gasteiger partial charge is 0.326 e. The fraction of sp³-hybridized carbons (Fsp3) is 0.278. The van der Waals surface area contributed by atoms with E-state index in [-0.39, 0.29) is 12.6 Å². The number of anilines is 2. The van der Waals surface area contributed by atoms with Crippen LogP contribution in [0.3, 0.4) is 0 Å². The third-order valence-corrected chi connectivity index (χ3v) is 5.12. The predicted molar refractivity (Wildman–Crippen MR) is 95.3 cm³/mol. The van der Waals surface area contributed by atoms with Crippen molar-refractivity contribution >= 4 is 29.2 Å². The quantitative estimate of drug-likeness (QED) is 0.904. The van der Waals surface area contributed by atoms with Gasteiger partial charge in [0.25, 0.3) is 0 Å². The molecule has 1 aliphatic rings. The molecule has 1 atom stereocenters. The van der Waals surface area contributed by atoms with Gasteiger partial charge in [0.15, 0.2) is 0 Å². The molecule has 2 aromatic rings. The first-order valence-electron chi connectivity index (χ1n) is 7.66. The molecule has 23 heavy (non-hydrogen) atoms. The van der Waals surface area contributed by atoms with E-state index in [4.69, 9.17) is 0 Å². The maximum atomic E-state index is 12.7. The van der Waals surface area contributed by atoms with Gasteiger partial charge in [-0.3, -0.25) is 4.90 Å². The molecule has 0 unspecified atom stereocenters. The Morgan fingerprint density at radius 3 is 2.13 bits per heavy atom. The lowest BCUT2D eigenvalue weighted by Crippen LogP contribution is -2.46. The molecule has 0 bridgehead atoms. The van der Waals surface area contributed by atoms with Crippen LogP contribution >= 0.6 is 11.8 Å². The van der Waals surface area contributed by atoms with E-state index in [0.29, 0.717) is 12.2 Å². The maximum Gasteiger partial charge on any atom is 0.326 e. The number of hydrogen-bond acceptors (Lipinski definition) is 3. The second-order valence-corrected chi connectivity index (χ2v) is 6.80. The Morgan fingerprint density at radius 1 is 1.09 bits per heavy atom. The molecule has 0 saturated carbocycles. The Kier molecular flexibility index (Phi) is 4.88. The zero-order valence-electron chi connectivity index (χ0n) is 12.8. The average Bonchev–Trinajstić information content (AvgIpc) is 3.02. The van der Waals surface area contributed by atoms with Gasteiger partial charge in [-0.2, -0.15) is 11.8 Å². The normalized spacial score (nSPS) is 20.2. The summed E-state index contributed by atoms with van der Waals surface area (Å²) in [5.74, 6) is 1.61. The van der Waals surface area contributed by atoms with E-state index in [2.05, 4.69) is 5.32 Å². The Hall–Kier alpha value is -1.98. The molecule has 3 rings (SSSR count). The van der Waals surface area contributed by atoms with Gasteiger partial charge in [-0.25, -0.2) is 4.79 Å². The monoisotopic (exact) mass is 328 g/mol. The van der Waals surface area contributed by atoms with Crippen molar-refractivity contribution in [3.8, 4) is 0 Å². The lowest BCUT2D eigenvalue weighted by atomic mass is 10.0. The first kappa shape index (κ1) is 15.9. The van der Waals surface area contributed by atoms with Crippen LogP contribution in [0, 0.1) is 0 Å². The number of carbonyl (C=O) groups is 1. The Morgan fingerprint density at radius 2 is 1.65 bits per heavy atom. The standard InChI is InChI=1S/C18H20N2O2S/c21-17(19-13-18(22)11-12-23-14-18)20(15-7-3-1-4-8-15)16-9-5-2-6-10-16/h1-10,22H,11-14H2,(H,19,21)/t18-/m1/s1. The van der Waals surface area contributed by atoms with Gasteiger partial charge in [0.2, 0.25) is 0 Å². The molecule has 0 radical (unpaired) electrons. The summed E-state index contributed by atoms with van der Waals surface area (Å²) in [4.78, 5) is 14.4. The number of hydrogen-bond donors (Lipinski definition) is 2. The van der Waals surface area contributed by atoms with Crippen LogP contribution in [0.5, 0.6) is 0 Å². The first-order chi connectivity index (χ1) is 11.2. The number of amides is 2. The van der Waals surface area contributed by atoms with Crippen LogP contribution in [0.1, 0.15) is 6.42 Å². The van der Waals surface area contributed by atoms with E-state index >= 15 is 0 Å². The summed E-state index contributed by atoms with van der Waals surface area (Å²) in [7, 11) is 0. The van der Waals surface area contributed by atoms with Gasteiger partial charge in [0, 0.05) is 12.3 Å². The van der Waals surface area contributed by atoms with Crippen LogP contribution in [0.2, 0.25) is 0 Å². The molecular weight excluding hydrogens is 308 g/mol. The van der Waals surface area contributed by atoms with E-state index in [9.17, 15) is 9.90 Å². The molecule has 4 nitrogen and oxygen atoms in total. The molecule has 2 N–H and O–H groups in total. The maximum absolute atomic E-state index is 12.7. The molecule has 0 aliphatic carbocycles. The van der Waals surface area contributed by atoms with Crippen molar-refractivity contribution < 1.29 is 9.90 Å². The molecular formula is C18H20N2O2S. The number of rotatable bonds is 4. The summed E-state index contributed by atoms with van der Waals surface area (Å²) in [5, 5.41) is 13.3. The Bertz CT molecular complexity index is 603. The number of urea groups is 1. The summed E-state index contributed by atoms with van der Waals surface area (Å²) < 4.78 is 0. The summed E-state index contributed by atoms with van der Waals surface area (Å²) >= 11 is 1.72. The van der Waals surface area contributed by atoms with Crippen LogP contribution in [0.4, 0.5) is 16.2 Å². The minimum absolute atomic E-state index is 0.229. The number of thioether (sulfide) groups is 1. The van der Waals surface area contributed by atoms with Gasteiger partial charge in [0.05, 0.1) is 17.0 Å². The van der Waals surface area contributed by atoms with Crippen molar-refractivity contribution in [2.45, 2.75) is 12.0 Å². The molecule has 5 heteroatoms. The van der Waals surface area contributed by atoms with E-state index < -0.39 is 5.60 Å². The highest BCUT2D eigenvalue weighted by Gasteiger charge is 2.32. The summed E-state index contributed by atoms with van der Waals surface area (Å²) in [6.07, 6.45) is 0.717. The minimum Gasteiger partial charge on any atom is -0.387 e. The highest BCUT2D eigenvalue weighted by atomic mass is 32.2. The van der Waals surface area contributed by atoms with Crippen molar-refractivity contribution in [1.29, 1.82) is 0 Å². The van der Waals surface area contributed by atoms with Crippen molar-refractivity contribution in [2.24, 2.45) is 0 Å². The minimum atomic E-state index is -0.792. The highest BCUT2D eigenvalue weighted by Crippen LogP contribution is 2.28. The molecule has 1 saturated heterocycles. The molecule has 0 aromatic heterocycles. The van der Waals surface area contributed by atoms with E-state index in [1.807, 2.05) is 60.7 Å². The second kappa shape index (κ2) is 7.06. The number of benzene rings is 2. The fourth-order valence-electron chi connectivity index (χ4n) is 2.59. The molecule has 1 fully saturated rings. The summed E-state index contributed by atoms with van der Waals surface area (Å²) in [5.41, 5.74) is 0.798. The second-order valence-electron chi connectivity index (χ2n) is 5.69. The van der Waals surface area contributed by atoms with Gasteiger partial charge in [-0.05, 0) is 36.4 Å². The van der Waals surface area contributed by atoms with Crippen molar-refractivity contribution in [3.63, 3.8) is 0 Å². The summed E-state index contributed by atoms with van der Waals surface area (Å²) in [6.45, 7) is 0.273. The molecule has 2 aromatic carbocycles. The molecule has 2 amide bonds. The number of aliphatic hydroxyl groups is 1. The molecule has 0 spiro atoms. The van der Waals surface area contributed by atoms with Crippen molar-refractivity contribution in [1.82, 2.24) is 5.32 Å². The Balaban J connectivity index is 1.79. The average molecular weight is 328 g/mol. The van der Waals surface area contributed by atoms with Crippen LogP contribution in [0.25, 0.3) is 0 Å². The van der Waals surface area contributed by atoms with Gasteiger partial charge in [0.1, 0.15) is 0 Å². The van der Waals surface area contributed by atoms with E-state index in [1.54, 1.807) is 16.7 Å². The van der Waals surface area contributed by atoms with Gasteiger partial charge < -0.3 is 10.4 Å². The van der Waals surface area contributed by atoms with Crippen molar-refractivity contribution in [3.05, 3.63) is 60.7 Å². The van der Waals surface area contributed by atoms with E-state index in [0.717, 1.165) is 17.1 Å². The largest absolute Gasteiger partial charge is 0.387 e. The van der Waals surface area contributed by atoms with Crippen LogP contribution < -0.4 is 10.2 Å². The number of nitrogens with one attached hydrogen (secondary N) is 1. The van der Waals surface area contributed by atoms with Gasteiger partial charge in [-0.1, -0.05) is 36.4 Å². The van der Waals surface area contributed by atoms with Gasteiger partial charge >= 0.3 is 6.03 Å². The third kappa shape index (κ3) is 3.86. The topological polar surface area (TPSA) is 52.6 Å². The van der Waals surface area contributed by atoms with Gasteiger partial charge in [-0.15, -0.1) is 0 Å². The zero-order chi connectivity index (χ0) is 16.1. The first-order valence-corrected chi connectivity index (χ1v) is 8.82. The lowest BCUT2D eigenvalue weighted by molar-refractivity contribution is 0.0704. The summed E-state index contributed by atoms with van der Waals surface area (Å²) in [6, 6.07) is 18.8. The number of para-hydroxylation sites is 2. The lowest BCUT2D eigenvalue weighted by Gasteiger charge is -2.27.